The van der Waals surface area contributed by atoms with E-state index < -0.39 is 17.1 Å². The van der Waals surface area contributed by atoms with Crippen molar-refractivity contribution < 1.29 is 23.5 Å². The van der Waals surface area contributed by atoms with Crippen molar-refractivity contribution in [3.63, 3.8) is 0 Å². The van der Waals surface area contributed by atoms with Crippen LogP contribution in [0.5, 0.6) is 0 Å². The third-order valence-corrected chi connectivity index (χ3v) is 6.06. The molecule has 1 saturated heterocycles. The number of aryl methyl sites for hydroxylation is 1. The SMILES string of the molecule is Cc1coc2c1C(OC(=O)C(C)C)C1(C)C(C)C=CC3OC31C2=O. The molecule has 24 heavy (non-hydrogen) atoms. The van der Waals surface area contributed by atoms with Gasteiger partial charge < -0.3 is 13.9 Å². The van der Waals surface area contributed by atoms with Crippen molar-refractivity contribution in [3.05, 3.63) is 35.3 Å². The maximum Gasteiger partial charge on any atom is 0.309 e. The smallest absolute Gasteiger partial charge is 0.309 e. The summed E-state index contributed by atoms with van der Waals surface area (Å²) in [4.78, 5) is 25.5. The highest BCUT2D eigenvalue weighted by Gasteiger charge is 2.79. The van der Waals surface area contributed by atoms with Gasteiger partial charge in [-0.1, -0.05) is 39.8 Å². The van der Waals surface area contributed by atoms with Crippen LogP contribution in [0.25, 0.3) is 0 Å². The number of hydrogen-bond acceptors (Lipinski definition) is 5. The van der Waals surface area contributed by atoms with Crippen LogP contribution in [0.3, 0.4) is 0 Å². The fourth-order valence-electron chi connectivity index (χ4n) is 4.30. The summed E-state index contributed by atoms with van der Waals surface area (Å²) in [5.74, 6) is -0.366. The largest absolute Gasteiger partial charge is 0.460 e. The third-order valence-electron chi connectivity index (χ3n) is 6.06. The van der Waals surface area contributed by atoms with Crippen LogP contribution < -0.4 is 0 Å². The highest BCUT2D eigenvalue weighted by Crippen LogP contribution is 2.68. The molecular weight excluding hydrogens is 308 g/mol. The van der Waals surface area contributed by atoms with Gasteiger partial charge in [0.1, 0.15) is 12.2 Å². The minimum absolute atomic E-state index is 0.0209. The summed E-state index contributed by atoms with van der Waals surface area (Å²) < 4.78 is 17.4. The van der Waals surface area contributed by atoms with Crippen molar-refractivity contribution in [3.8, 4) is 0 Å². The first kappa shape index (κ1) is 15.6. The van der Waals surface area contributed by atoms with Crippen molar-refractivity contribution in [2.24, 2.45) is 17.3 Å². The molecule has 1 aromatic rings. The lowest BCUT2D eigenvalue weighted by molar-refractivity contribution is -0.167. The molecule has 4 rings (SSSR count). The molecule has 5 unspecified atom stereocenters. The van der Waals surface area contributed by atoms with Gasteiger partial charge in [-0.05, 0) is 18.4 Å². The number of esters is 1. The number of carbonyl (C=O) groups is 2. The van der Waals surface area contributed by atoms with E-state index in [9.17, 15) is 9.59 Å². The molecule has 2 heterocycles. The number of hydrogen-bond donors (Lipinski definition) is 0. The van der Waals surface area contributed by atoms with Crippen molar-refractivity contribution in [2.45, 2.75) is 52.4 Å². The van der Waals surface area contributed by atoms with Gasteiger partial charge in [-0.25, -0.2) is 0 Å². The molecule has 0 aromatic carbocycles. The van der Waals surface area contributed by atoms with E-state index in [0.29, 0.717) is 5.56 Å². The van der Waals surface area contributed by atoms with Crippen LogP contribution in [-0.4, -0.2) is 23.5 Å². The van der Waals surface area contributed by atoms with E-state index in [4.69, 9.17) is 13.9 Å². The molecule has 128 valence electrons. The monoisotopic (exact) mass is 330 g/mol. The summed E-state index contributed by atoms with van der Waals surface area (Å²) in [6.07, 6.45) is 4.71. The Kier molecular flexibility index (Phi) is 3.00. The molecule has 1 aliphatic heterocycles. The Bertz CT molecular complexity index is 773. The molecule has 0 bridgehead atoms. The van der Waals surface area contributed by atoms with E-state index in [2.05, 4.69) is 6.08 Å². The topological polar surface area (TPSA) is 69.0 Å². The molecule has 0 N–H and O–H groups in total. The van der Waals surface area contributed by atoms with Crippen LogP contribution in [0, 0.1) is 24.2 Å². The number of carbonyl (C=O) groups excluding carboxylic acids is 2. The van der Waals surface area contributed by atoms with Gasteiger partial charge in [-0.15, -0.1) is 0 Å². The second-order valence-electron chi connectivity index (χ2n) is 7.69. The van der Waals surface area contributed by atoms with E-state index in [1.165, 1.54) is 0 Å². The second-order valence-corrected chi connectivity index (χ2v) is 7.69. The number of ether oxygens (including phenoxy) is 2. The maximum absolute atomic E-state index is 13.2. The first-order valence-corrected chi connectivity index (χ1v) is 8.44. The molecule has 1 fully saturated rings. The number of Topliss-reactive ketones (excluding diaryl/α,β-unsaturated/α-hetero) is 1. The molecule has 5 atom stereocenters. The van der Waals surface area contributed by atoms with Gasteiger partial charge in [0, 0.05) is 5.56 Å². The summed E-state index contributed by atoms with van der Waals surface area (Å²) in [7, 11) is 0. The minimum atomic E-state index is -0.986. The van der Waals surface area contributed by atoms with Gasteiger partial charge in [0.25, 0.3) is 0 Å². The van der Waals surface area contributed by atoms with E-state index in [1.54, 1.807) is 20.1 Å². The van der Waals surface area contributed by atoms with Crippen LogP contribution in [0.2, 0.25) is 0 Å². The Balaban J connectivity index is 1.93. The lowest BCUT2D eigenvalue weighted by Gasteiger charge is -2.48. The van der Waals surface area contributed by atoms with E-state index in [0.717, 1.165) is 5.56 Å². The quantitative estimate of drug-likeness (QED) is 0.472. The first-order chi connectivity index (χ1) is 11.2. The summed E-state index contributed by atoms with van der Waals surface area (Å²) in [5, 5.41) is 0. The molecule has 2 aliphatic carbocycles. The van der Waals surface area contributed by atoms with E-state index in [-0.39, 0.29) is 35.5 Å². The molecular formula is C19H22O5. The van der Waals surface area contributed by atoms with E-state index >= 15 is 0 Å². The maximum atomic E-state index is 13.2. The average Bonchev–Trinajstić information content (AvgIpc) is 3.17. The van der Waals surface area contributed by atoms with Crippen LogP contribution in [-0.2, 0) is 14.3 Å². The zero-order valence-corrected chi connectivity index (χ0v) is 14.6. The zero-order valence-electron chi connectivity index (χ0n) is 14.6. The Morgan fingerprint density at radius 2 is 2.04 bits per heavy atom. The first-order valence-electron chi connectivity index (χ1n) is 8.44. The number of furan rings is 1. The summed E-state index contributed by atoms with van der Waals surface area (Å²) in [6.45, 7) is 9.52. The summed E-state index contributed by atoms with van der Waals surface area (Å²) in [6, 6.07) is 0. The van der Waals surface area contributed by atoms with Crippen LogP contribution in [0.4, 0.5) is 0 Å². The summed E-state index contributed by atoms with van der Waals surface area (Å²) in [5.41, 5.74) is -0.121. The van der Waals surface area contributed by atoms with Crippen molar-refractivity contribution >= 4 is 11.8 Å². The van der Waals surface area contributed by atoms with Gasteiger partial charge >= 0.3 is 5.97 Å². The number of ketones is 1. The number of fused-ring (bicyclic) bond motifs is 1. The van der Waals surface area contributed by atoms with Crippen molar-refractivity contribution in [1.82, 2.24) is 0 Å². The highest BCUT2D eigenvalue weighted by atomic mass is 16.6. The Hall–Kier alpha value is -1.88. The van der Waals surface area contributed by atoms with Gasteiger partial charge in [0.2, 0.25) is 5.78 Å². The summed E-state index contributed by atoms with van der Waals surface area (Å²) >= 11 is 0. The fourth-order valence-corrected chi connectivity index (χ4v) is 4.30. The molecule has 0 saturated carbocycles. The third kappa shape index (κ3) is 1.59. The number of allylic oxidation sites excluding steroid dienone is 1. The van der Waals surface area contributed by atoms with E-state index in [1.807, 2.05) is 26.8 Å². The molecule has 0 amide bonds. The van der Waals surface area contributed by atoms with Crippen LogP contribution in [0.15, 0.2) is 22.8 Å². The Labute approximate surface area is 141 Å². The molecule has 1 spiro atoms. The second kappa shape index (κ2) is 4.60. The number of rotatable bonds is 2. The fraction of sp³-hybridized carbons (Fsp3) is 0.579. The van der Waals surface area contributed by atoms with Crippen LogP contribution >= 0.6 is 0 Å². The molecule has 1 aromatic heterocycles. The van der Waals surface area contributed by atoms with Crippen molar-refractivity contribution in [2.75, 3.05) is 0 Å². The lowest BCUT2D eigenvalue weighted by atomic mass is 9.55. The number of epoxide rings is 1. The predicted octanol–water partition coefficient (Wildman–Crippen LogP) is 3.37. The molecule has 5 heteroatoms. The van der Waals surface area contributed by atoms with Gasteiger partial charge in [0.05, 0.1) is 17.6 Å². The van der Waals surface area contributed by atoms with Crippen molar-refractivity contribution in [1.29, 1.82) is 0 Å². The Morgan fingerprint density at radius 3 is 2.71 bits per heavy atom. The zero-order chi connectivity index (χ0) is 17.4. The highest BCUT2D eigenvalue weighted by molar-refractivity contribution is 6.07. The predicted molar refractivity (Wildman–Crippen MR) is 85.5 cm³/mol. The molecule has 3 aliphatic rings. The molecule has 5 nitrogen and oxygen atoms in total. The van der Waals surface area contributed by atoms with Gasteiger partial charge in [0.15, 0.2) is 11.4 Å². The average molecular weight is 330 g/mol. The van der Waals surface area contributed by atoms with Crippen LogP contribution in [0.1, 0.15) is 55.5 Å². The lowest BCUT2D eigenvalue weighted by Crippen LogP contribution is -2.57. The standard InChI is InChI=1S/C19H22O5/c1-9(2)17(21)23-16-13-10(3)8-22-14(13)15(20)19-12(24-19)7-6-11(4)18(16,19)5/h6-9,11-12,16H,1-5H3. The normalized spacial score (nSPS) is 39.2. The minimum Gasteiger partial charge on any atom is -0.460 e. The molecule has 0 radical (unpaired) electrons. The van der Waals surface area contributed by atoms with Gasteiger partial charge in [-0.3, -0.25) is 9.59 Å². The van der Waals surface area contributed by atoms with Gasteiger partial charge in [-0.2, -0.15) is 0 Å². The Morgan fingerprint density at radius 1 is 1.33 bits per heavy atom.